The van der Waals surface area contributed by atoms with Crippen molar-refractivity contribution in [2.24, 2.45) is 5.84 Å². The number of carbonyl (C=O) groups is 1. The van der Waals surface area contributed by atoms with Crippen LogP contribution in [0.15, 0.2) is 16.7 Å². The van der Waals surface area contributed by atoms with Gasteiger partial charge in [-0.1, -0.05) is 0 Å². The molecule has 7 heteroatoms. The average Bonchev–Trinajstić information content (AvgIpc) is 2.42. The van der Waals surface area contributed by atoms with Crippen LogP contribution in [0.2, 0.25) is 0 Å². The summed E-state index contributed by atoms with van der Waals surface area (Å²) in [7, 11) is 4.04. The lowest BCUT2D eigenvalue weighted by molar-refractivity contribution is 0.0760. The summed E-state index contributed by atoms with van der Waals surface area (Å²) in [4.78, 5) is 20.5. The van der Waals surface area contributed by atoms with E-state index in [4.69, 9.17) is 5.84 Å². The number of nitrogens with two attached hydrogens (primary N) is 1. The molecule has 0 aliphatic heterocycles. The van der Waals surface area contributed by atoms with Gasteiger partial charge in [0.2, 0.25) is 0 Å². The molecule has 1 amide bonds. The molecule has 1 rings (SSSR count). The molecule has 3 N–H and O–H groups in total. The van der Waals surface area contributed by atoms with E-state index >= 15 is 0 Å². The highest BCUT2D eigenvalue weighted by molar-refractivity contribution is 9.10. The van der Waals surface area contributed by atoms with E-state index in [1.165, 1.54) is 0 Å². The highest BCUT2D eigenvalue weighted by Gasteiger charge is 2.18. The third kappa shape index (κ3) is 4.73. The van der Waals surface area contributed by atoms with Gasteiger partial charge in [0, 0.05) is 23.8 Å². The number of aromatic nitrogens is 1. The molecule has 0 aliphatic carbocycles. The molecule has 0 unspecified atom stereocenters. The van der Waals surface area contributed by atoms with Crippen molar-refractivity contribution in [2.75, 3.05) is 39.2 Å². The number of anilines is 1. The molecular weight excluding hydrogens is 322 g/mol. The van der Waals surface area contributed by atoms with E-state index < -0.39 is 0 Å². The van der Waals surface area contributed by atoms with E-state index in [9.17, 15) is 4.79 Å². The molecule has 1 aromatic rings. The molecule has 0 aromatic carbocycles. The summed E-state index contributed by atoms with van der Waals surface area (Å²) in [5, 5.41) is 0. The van der Waals surface area contributed by atoms with Crippen LogP contribution >= 0.6 is 15.9 Å². The first-order valence-corrected chi connectivity index (χ1v) is 7.35. The number of hydrazine groups is 1. The third-order valence-electron chi connectivity index (χ3n) is 2.92. The molecule has 6 nitrogen and oxygen atoms in total. The highest BCUT2D eigenvalue weighted by atomic mass is 79.9. The van der Waals surface area contributed by atoms with Gasteiger partial charge in [0.15, 0.2) is 5.82 Å². The van der Waals surface area contributed by atoms with E-state index in [0.29, 0.717) is 24.5 Å². The normalized spacial score (nSPS) is 10.7. The number of carbonyl (C=O) groups excluding carboxylic acids is 1. The largest absolute Gasteiger partial charge is 0.339 e. The maximum Gasteiger partial charge on any atom is 0.257 e. The third-order valence-corrected chi connectivity index (χ3v) is 3.36. The van der Waals surface area contributed by atoms with Crippen molar-refractivity contribution in [3.05, 3.63) is 22.3 Å². The van der Waals surface area contributed by atoms with Crippen molar-refractivity contribution in [3.63, 3.8) is 0 Å². The van der Waals surface area contributed by atoms with Gasteiger partial charge in [-0.3, -0.25) is 4.79 Å². The fourth-order valence-electron chi connectivity index (χ4n) is 1.87. The summed E-state index contributed by atoms with van der Waals surface area (Å²) in [5.74, 6) is 5.75. The first-order chi connectivity index (χ1) is 9.49. The Bertz CT molecular complexity index is 452. The van der Waals surface area contributed by atoms with Gasteiger partial charge in [0.1, 0.15) is 0 Å². The summed E-state index contributed by atoms with van der Waals surface area (Å²) >= 11 is 3.33. The Labute approximate surface area is 128 Å². The SMILES string of the molecule is CCN(CCCN(C)C)C(=O)c1cc(Br)cnc1NN. The molecule has 112 valence electrons. The average molecular weight is 344 g/mol. The Morgan fingerprint density at radius 2 is 2.15 bits per heavy atom. The van der Waals surface area contributed by atoms with E-state index in [1.54, 1.807) is 17.2 Å². The number of rotatable bonds is 7. The van der Waals surface area contributed by atoms with Gasteiger partial charge in [-0.15, -0.1) is 0 Å². The second-order valence-electron chi connectivity index (χ2n) is 4.74. The summed E-state index contributed by atoms with van der Waals surface area (Å²) in [6.45, 7) is 4.28. The van der Waals surface area contributed by atoms with Crippen LogP contribution in [0.1, 0.15) is 23.7 Å². The predicted octanol–water partition coefficient (Wildman–Crippen LogP) is 1.54. The molecule has 0 radical (unpaired) electrons. The fraction of sp³-hybridized carbons (Fsp3) is 0.538. The molecular formula is C13H22BrN5O. The fourth-order valence-corrected chi connectivity index (χ4v) is 2.20. The van der Waals surface area contributed by atoms with Crippen molar-refractivity contribution in [1.29, 1.82) is 0 Å². The van der Waals surface area contributed by atoms with Gasteiger partial charge in [-0.25, -0.2) is 10.8 Å². The van der Waals surface area contributed by atoms with Gasteiger partial charge >= 0.3 is 0 Å². The Balaban J connectivity index is 2.82. The summed E-state index contributed by atoms with van der Waals surface area (Å²) in [6, 6.07) is 1.74. The van der Waals surface area contributed by atoms with Gasteiger partial charge in [0.05, 0.1) is 5.56 Å². The first kappa shape index (κ1) is 16.9. The molecule has 0 spiro atoms. The molecule has 1 aromatic heterocycles. The number of nitrogen functional groups attached to an aromatic ring is 1. The number of amides is 1. The monoisotopic (exact) mass is 343 g/mol. The summed E-state index contributed by atoms with van der Waals surface area (Å²) in [5.41, 5.74) is 2.95. The van der Waals surface area contributed by atoms with E-state index in [1.807, 2.05) is 21.0 Å². The van der Waals surface area contributed by atoms with Crippen molar-refractivity contribution >= 4 is 27.7 Å². The molecule has 0 fully saturated rings. The van der Waals surface area contributed by atoms with Gasteiger partial charge < -0.3 is 15.2 Å². The number of halogens is 1. The minimum absolute atomic E-state index is 0.0620. The van der Waals surface area contributed by atoms with Gasteiger partial charge in [0.25, 0.3) is 5.91 Å². The van der Waals surface area contributed by atoms with Crippen molar-refractivity contribution < 1.29 is 4.79 Å². The Morgan fingerprint density at radius 1 is 1.45 bits per heavy atom. The molecule has 0 saturated heterocycles. The number of hydrogen-bond donors (Lipinski definition) is 2. The van der Waals surface area contributed by atoms with Crippen LogP contribution in [0.3, 0.4) is 0 Å². The van der Waals surface area contributed by atoms with Crippen LogP contribution in [0, 0.1) is 0 Å². The first-order valence-electron chi connectivity index (χ1n) is 6.55. The van der Waals surface area contributed by atoms with Crippen LogP contribution in [-0.4, -0.2) is 54.4 Å². The molecule has 0 atom stereocenters. The van der Waals surface area contributed by atoms with Crippen LogP contribution < -0.4 is 11.3 Å². The van der Waals surface area contributed by atoms with Crippen LogP contribution in [0.25, 0.3) is 0 Å². The standard InChI is InChI=1S/C13H22BrN5O/c1-4-19(7-5-6-18(2)3)13(20)11-8-10(14)9-16-12(11)17-15/h8-9H,4-7,15H2,1-3H3,(H,16,17). The lowest BCUT2D eigenvalue weighted by Gasteiger charge is -2.22. The van der Waals surface area contributed by atoms with Gasteiger partial charge in [-0.2, -0.15) is 0 Å². The number of pyridine rings is 1. The lowest BCUT2D eigenvalue weighted by atomic mass is 10.2. The summed E-state index contributed by atoms with van der Waals surface area (Å²) in [6.07, 6.45) is 2.54. The quantitative estimate of drug-likeness (QED) is 0.580. The number of nitrogens with zero attached hydrogens (tertiary/aromatic N) is 3. The molecule has 0 bridgehead atoms. The Hall–Kier alpha value is -1.18. The zero-order chi connectivity index (χ0) is 15.1. The van der Waals surface area contributed by atoms with Crippen LogP contribution in [0.4, 0.5) is 5.82 Å². The topological polar surface area (TPSA) is 74.5 Å². The number of hydrogen-bond acceptors (Lipinski definition) is 5. The maximum atomic E-state index is 12.5. The minimum atomic E-state index is -0.0620. The summed E-state index contributed by atoms with van der Waals surface area (Å²) < 4.78 is 0.754. The Morgan fingerprint density at radius 3 is 2.70 bits per heavy atom. The van der Waals surface area contributed by atoms with E-state index in [-0.39, 0.29) is 5.91 Å². The zero-order valence-corrected chi connectivity index (χ0v) is 13.8. The molecule has 1 heterocycles. The van der Waals surface area contributed by atoms with Gasteiger partial charge in [-0.05, 0) is 56.0 Å². The smallest absolute Gasteiger partial charge is 0.257 e. The minimum Gasteiger partial charge on any atom is -0.339 e. The second-order valence-corrected chi connectivity index (χ2v) is 5.65. The van der Waals surface area contributed by atoms with Crippen molar-refractivity contribution in [2.45, 2.75) is 13.3 Å². The predicted molar refractivity (Wildman–Crippen MR) is 84.5 cm³/mol. The lowest BCUT2D eigenvalue weighted by Crippen LogP contribution is -2.34. The Kier molecular flexibility index (Phi) is 6.90. The molecule has 0 saturated carbocycles. The second kappa shape index (κ2) is 8.18. The van der Waals surface area contributed by atoms with E-state index in [0.717, 1.165) is 17.4 Å². The van der Waals surface area contributed by atoms with Crippen molar-refractivity contribution in [3.8, 4) is 0 Å². The highest BCUT2D eigenvalue weighted by Crippen LogP contribution is 2.19. The van der Waals surface area contributed by atoms with E-state index in [2.05, 4.69) is 31.2 Å². The molecule has 20 heavy (non-hydrogen) atoms. The van der Waals surface area contributed by atoms with Crippen LogP contribution in [-0.2, 0) is 0 Å². The maximum absolute atomic E-state index is 12.5. The molecule has 0 aliphatic rings. The van der Waals surface area contributed by atoms with Crippen molar-refractivity contribution in [1.82, 2.24) is 14.8 Å². The zero-order valence-electron chi connectivity index (χ0n) is 12.2. The number of nitrogens with one attached hydrogen (secondary N) is 1. The van der Waals surface area contributed by atoms with Crippen LogP contribution in [0.5, 0.6) is 0 Å².